The molecule has 1 N–H and O–H groups in total. The average molecular weight is 262 g/mol. The molecule has 2 rings (SSSR count). The normalized spacial score (nSPS) is 14.2. The van der Waals surface area contributed by atoms with Gasteiger partial charge in [-0.15, -0.1) is 0 Å². The van der Waals surface area contributed by atoms with E-state index in [9.17, 15) is 5.11 Å². The van der Waals surface area contributed by atoms with Crippen molar-refractivity contribution >= 4 is 11.6 Å². The number of aliphatic hydroxyl groups excluding tert-OH is 1. The van der Waals surface area contributed by atoms with Crippen LogP contribution < -0.4 is 0 Å². The van der Waals surface area contributed by atoms with Crippen LogP contribution in [0.3, 0.4) is 0 Å². The molecule has 1 aromatic heterocycles. The summed E-state index contributed by atoms with van der Waals surface area (Å²) in [6.07, 6.45) is 2.95. The molecule has 2 aromatic rings. The van der Waals surface area contributed by atoms with E-state index in [4.69, 9.17) is 11.6 Å². The summed E-state index contributed by atoms with van der Waals surface area (Å²) in [4.78, 5) is 3.99. The largest absolute Gasteiger partial charge is 0.388 e. The molecule has 94 valence electrons. The number of aromatic nitrogens is 1. The minimum atomic E-state index is -0.537. The molecule has 0 aliphatic rings. The van der Waals surface area contributed by atoms with E-state index in [1.807, 2.05) is 44.2 Å². The topological polar surface area (TPSA) is 33.1 Å². The van der Waals surface area contributed by atoms with E-state index in [0.29, 0.717) is 5.02 Å². The molecule has 0 aliphatic carbocycles. The smallest absolute Gasteiger partial charge is 0.0858 e. The summed E-state index contributed by atoms with van der Waals surface area (Å²) < 4.78 is 0. The van der Waals surface area contributed by atoms with Gasteiger partial charge in [-0.2, -0.15) is 0 Å². The van der Waals surface area contributed by atoms with E-state index >= 15 is 0 Å². The first-order valence-corrected chi connectivity index (χ1v) is 6.31. The fraction of sp³-hybridized carbons (Fsp3) is 0.267. The van der Waals surface area contributed by atoms with Crippen molar-refractivity contribution < 1.29 is 5.11 Å². The molecule has 1 aromatic carbocycles. The number of hydrogen-bond acceptors (Lipinski definition) is 2. The first-order valence-electron chi connectivity index (χ1n) is 5.93. The quantitative estimate of drug-likeness (QED) is 0.910. The number of nitrogens with zero attached hydrogens (tertiary/aromatic N) is 1. The van der Waals surface area contributed by atoms with Crippen molar-refractivity contribution in [3.05, 3.63) is 64.4 Å². The van der Waals surface area contributed by atoms with Crippen LogP contribution >= 0.6 is 11.6 Å². The molecule has 18 heavy (non-hydrogen) atoms. The van der Waals surface area contributed by atoms with Gasteiger partial charge >= 0.3 is 0 Å². The third-order valence-corrected chi connectivity index (χ3v) is 3.49. The number of halogens is 1. The van der Waals surface area contributed by atoms with Crippen LogP contribution in [0, 0.1) is 6.92 Å². The number of rotatable bonds is 3. The number of aliphatic hydroxyl groups is 1. The highest BCUT2D eigenvalue weighted by Gasteiger charge is 2.19. The second-order valence-corrected chi connectivity index (χ2v) is 4.95. The maximum atomic E-state index is 10.5. The highest BCUT2D eigenvalue weighted by atomic mass is 35.5. The Morgan fingerprint density at radius 2 is 1.83 bits per heavy atom. The number of hydrogen-bond donors (Lipinski definition) is 1. The van der Waals surface area contributed by atoms with Gasteiger partial charge < -0.3 is 5.11 Å². The Kier molecular flexibility index (Phi) is 4.00. The number of aryl methyl sites for hydroxylation is 1. The molecule has 0 saturated heterocycles. The monoisotopic (exact) mass is 261 g/mol. The van der Waals surface area contributed by atoms with Gasteiger partial charge in [-0.1, -0.05) is 24.6 Å². The van der Waals surface area contributed by atoms with Crippen LogP contribution in [-0.4, -0.2) is 10.1 Å². The molecule has 0 radical (unpaired) electrons. The van der Waals surface area contributed by atoms with Crippen LogP contribution in [0.5, 0.6) is 0 Å². The van der Waals surface area contributed by atoms with Crippen molar-refractivity contribution in [3.8, 4) is 0 Å². The molecular weight excluding hydrogens is 246 g/mol. The maximum Gasteiger partial charge on any atom is 0.0858 e. The Morgan fingerprint density at radius 3 is 2.44 bits per heavy atom. The molecule has 0 spiro atoms. The molecule has 2 nitrogen and oxygen atoms in total. The molecule has 2 unspecified atom stereocenters. The van der Waals surface area contributed by atoms with E-state index in [2.05, 4.69) is 4.98 Å². The van der Waals surface area contributed by atoms with Gasteiger partial charge in [0.2, 0.25) is 0 Å². The fourth-order valence-electron chi connectivity index (χ4n) is 2.09. The zero-order valence-corrected chi connectivity index (χ0v) is 11.2. The van der Waals surface area contributed by atoms with E-state index in [-0.39, 0.29) is 5.92 Å². The molecule has 3 heteroatoms. The Morgan fingerprint density at radius 1 is 1.17 bits per heavy atom. The summed E-state index contributed by atoms with van der Waals surface area (Å²) in [6, 6.07) is 9.43. The molecule has 2 atom stereocenters. The zero-order chi connectivity index (χ0) is 13.1. The molecule has 0 fully saturated rings. The van der Waals surface area contributed by atoms with Crippen molar-refractivity contribution in [2.45, 2.75) is 25.9 Å². The van der Waals surface area contributed by atoms with Crippen LogP contribution in [0.4, 0.5) is 0 Å². The first kappa shape index (κ1) is 13.1. The second-order valence-electron chi connectivity index (χ2n) is 4.51. The van der Waals surface area contributed by atoms with Gasteiger partial charge in [0, 0.05) is 23.3 Å². The van der Waals surface area contributed by atoms with E-state index in [0.717, 1.165) is 16.7 Å². The summed E-state index contributed by atoms with van der Waals surface area (Å²) in [5.41, 5.74) is 3.01. The first-order chi connectivity index (χ1) is 8.59. The third-order valence-electron chi connectivity index (χ3n) is 3.26. The van der Waals surface area contributed by atoms with Crippen LogP contribution in [0.2, 0.25) is 5.02 Å². The molecule has 0 saturated carbocycles. The van der Waals surface area contributed by atoms with Crippen molar-refractivity contribution in [1.82, 2.24) is 4.98 Å². The van der Waals surface area contributed by atoms with Gasteiger partial charge in [0.25, 0.3) is 0 Å². The van der Waals surface area contributed by atoms with Gasteiger partial charge in [-0.3, -0.25) is 4.98 Å². The Labute approximate surface area is 112 Å². The van der Waals surface area contributed by atoms with Crippen molar-refractivity contribution in [2.75, 3.05) is 0 Å². The van der Waals surface area contributed by atoms with Crippen LogP contribution in [0.15, 0.2) is 42.7 Å². The molecule has 0 amide bonds. The van der Waals surface area contributed by atoms with E-state index < -0.39 is 6.10 Å². The lowest BCUT2D eigenvalue weighted by Crippen LogP contribution is -2.09. The van der Waals surface area contributed by atoms with Gasteiger partial charge in [0.1, 0.15) is 0 Å². The van der Waals surface area contributed by atoms with Crippen molar-refractivity contribution in [3.63, 3.8) is 0 Å². The van der Waals surface area contributed by atoms with Gasteiger partial charge in [-0.25, -0.2) is 0 Å². The van der Waals surface area contributed by atoms with E-state index in [1.165, 1.54) is 0 Å². The summed E-state index contributed by atoms with van der Waals surface area (Å²) in [6.45, 7) is 3.97. The highest BCUT2D eigenvalue weighted by Crippen LogP contribution is 2.32. The number of benzene rings is 1. The minimum Gasteiger partial charge on any atom is -0.388 e. The molecular formula is C15H16ClNO. The lowest BCUT2D eigenvalue weighted by molar-refractivity contribution is 0.151. The van der Waals surface area contributed by atoms with E-state index in [1.54, 1.807) is 12.4 Å². The predicted molar refractivity (Wildman–Crippen MR) is 73.8 cm³/mol. The number of pyridine rings is 1. The van der Waals surface area contributed by atoms with Crippen LogP contribution in [0.1, 0.15) is 35.6 Å². The standard InChI is InChI=1S/C15H16ClNO/c1-10-9-13(16)3-4-14(10)15(18)11(2)12-5-7-17-8-6-12/h3-9,11,15,18H,1-2H3. The van der Waals surface area contributed by atoms with Gasteiger partial charge in [-0.05, 0) is 47.9 Å². The Hall–Kier alpha value is -1.38. The summed E-state index contributed by atoms with van der Waals surface area (Å²) in [5.74, 6) is 0.0212. The Balaban J connectivity index is 2.28. The summed E-state index contributed by atoms with van der Waals surface area (Å²) in [7, 11) is 0. The SMILES string of the molecule is Cc1cc(Cl)ccc1C(O)C(C)c1ccncc1. The lowest BCUT2D eigenvalue weighted by atomic mass is 9.89. The van der Waals surface area contributed by atoms with Crippen LogP contribution in [0.25, 0.3) is 0 Å². The average Bonchev–Trinajstić information content (AvgIpc) is 2.38. The molecule has 0 aliphatic heterocycles. The predicted octanol–water partition coefficient (Wildman–Crippen LogP) is 3.88. The third kappa shape index (κ3) is 2.71. The van der Waals surface area contributed by atoms with Crippen molar-refractivity contribution in [1.29, 1.82) is 0 Å². The second kappa shape index (κ2) is 5.51. The molecule has 0 bridgehead atoms. The summed E-state index contributed by atoms with van der Waals surface area (Å²) >= 11 is 5.93. The fourth-order valence-corrected chi connectivity index (χ4v) is 2.32. The van der Waals surface area contributed by atoms with Crippen LogP contribution in [-0.2, 0) is 0 Å². The van der Waals surface area contributed by atoms with Gasteiger partial charge in [0.15, 0.2) is 0 Å². The zero-order valence-electron chi connectivity index (χ0n) is 10.5. The molecule has 1 heterocycles. The Bertz CT molecular complexity index is 527. The maximum absolute atomic E-state index is 10.5. The van der Waals surface area contributed by atoms with Gasteiger partial charge in [0.05, 0.1) is 6.10 Å². The highest BCUT2D eigenvalue weighted by molar-refractivity contribution is 6.30. The summed E-state index contributed by atoms with van der Waals surface area (Å²) in [5, 5.41) is 11.1. The van der Waals surface area contributed by atoms with Crippen molar-refractivity contribution in [2.24, 2.45) is 0 Å². The minimum absolute atomic E-state index is 0.0212. The lowest BCUT2D eigenvalue weighted by Gasteiger charge is -2.21.